The number of para-hydroxylation sites is 2. The molecule has 3 N–H and O–H groups in total. The van der Waals surface area contributed by atoms with Crippen molar-refractivity contribution in [3.05, 3.63) is 143 Å². The molecule has 5 heteroatoms. The molecule has 0 aliphatic rings. The van der Waals surface area contributed by atoms with E-state index in [4.69, 9.17) is 0 Å². The highest BCUT2D eigenvalue weighted by Gasteiger charge is 2.30. The summed E-state index contributed by atoms with van der Waals surface area (Å²) in [4.78, 5) is 2.00. The summed E-state index contributed by atoms with van der Waals surface area (Å²) in [5.41, 5.74) is 13.1. The first-order valence-electron chi connectivity index (χ1n) is 21.0. The van der Waals surface area contributed by atoms with Gasteiger partial charge in [0.1, 0.15) is 11.5 Å². The van der Waals surface area contributed by atoms with E-state index in [1.54, 1.807) is 0 Å². The number of aromatic nitrogens is 1. The van der Waals surface area contributed by atoms with Gasteiger partial charge in [0.25, 0.3) is 0 Å². The number of aromatic hydroxyl groups is 2. The van der Waals surface area contributed by atoms with Crippen LogP contribution in [0.25, 0.3) is 27.5 Å². The maximum absolute atomic E-state index is 12.4. The average molecular weight is 786 g/mol. The molecule has 1 heterocycles. The molecule has 0 bridgehead atoms. The number of nitrogens with zero attached hydrogens (tertiary/aromatic N) is 2. The summed E-state index contributed by atoms with van der Waals surface area (Å²) in [6.45, 7) is 30.5. The predicted octanol–water partition coefficient (Wildman–Crippen LogP) is 15.2. The third-order valence-electron chi connectivity index (χ3n) is 11.8. The van der Waals surface area contributed by atoms with Gasteiger partial charge in [-0.2, -0.15) is 0 Å². The lowest BCUT2D eigenvalue weighted by atomic mass is 9.84. The number of phenols is 2. The number of hydrogen-bond acceptors (Lipinski definition) is 4. The van der Waals surface area contributed by atoms with Gasteiger partial charge < -0.3 is 25.0 Å². The second-order valence-electron chi connectivity index (χ2n) is 20.6. The third-order valence-corrected chi connectivity index (χ3v) is 11.8. The van der Waals surface area contributed by atoms with Crippen LogP contribution in [0.15, 0.2) is 109 Å². The SMILES string of the molecule is Cc1cccc(C)c1-n1c2ccc(C(C)(C)C)cc2c2ccc(Nc3cc(N(c4ccc(C(C)(C)C)cc4)c4cccc(C(C)(C)C)c4O)c(O)c(C(C)(C)C)c3)cc21. The second kappa shape index (κ2) is 14.5. The number of rotatable bonds is 6. The number of benzene rings is 6. The molecule has 0 radical (unpaired) electrons. The van der Waals surface area contributed by atoms with Crippen LogP contribution in [-0.2, 0) is 21.7 Å². The van der Waals surface area contributed by atoms with E-state index in [1.807, 2.05) is 29.2 Å². The number of hydrogen-bond donors (Lipinski definition) is 3. The Labute approximate surface area is 352 Å². The molecule has 7 aromatic rings. The highest BCUT2D eigenvalue weighted by atomic mass is 16.3. The Morgan fingerprint density at radius 2 is 1.05 bits per heavy atom. The van der Waals surface area contributed by atoms with E-state index < -0.39 is 5.41 Å². The average Bonchev–Trinajstić information content (AvgIpc) is 3.44. The Kier molecular flexibility index (Phi) is 10.2. The summed E-state index contributed by atoms with van der Waals surface area (Å²) >= 11 is 0. The summed E-state index contributed by atoms with van der Waals surface area (Å²) in [7, 11) is 0. The van der Waals surface area contributed by atoms with Gasteiger partial charge in [0.2, 0.25) is 0 Å². The van der Waals surface area contributed by atoms with Gasteiger partial charge in [-0.1, -0.05) is 138 Å². The summed E-state index contributed by atoms with van der Waals surface area (Å²) in [5.74, 6) is 0.359. The van der Waals surface area contributed by atoms with Crippen molar-refractivity contribution in [1.29, 1.82) is 0 Å². The van der Waals surface area contributed by atoms with Gasteiger partial charge in [-0.25, -0.2) is 0 Å². The van der Waals surface area contributed by atoms with Crippen LogP contribution in [0.4, 0.5) is 28.4 Å². The molecule has 0 amide bonds. The zero-order chi connectivity index (χ0) is 43.0. The van der Waals surface area contributed by atoms with Crippen molar-refractivity contribution < 1.29 is 10.2 Å². The molecule has 6 aromatic carbocycles. The van der Waals surface area contributed by atoms with Crippen molar-refractivity contribution >= 4 is 50.2 Å². The third kappa shape index (κ3) is 7.80. The fourth-order valence-electron chi connectivity index (χ4n) is 8.40. The van der Waals surface area contributed by atoms with Crippen molar-refractivity contribution in [1.82, 2.24) is 4.57 Å². The first-order valence-corrected chi connectivity index (χ1v) is 21.0. The lowest BCUT2D eigenvalue weighted by Crippen LogP contribution is -2.18. The van der Waals surface area contributed by atoms with Gasteiger partial charge in [0.05, 0.1) is 28.1 Å². The van der Waals surface area contributed by atoms with Gasteiger partial charge in [0.15, 0.2) is 0 Å². The lowest BCUT2D eigenvalue weighted by Gasteiger charge is -2.32. The minimum absolute atomic E-state index is 0.0113. The Morgan fingerprint density at radius 3 is 1.64 bits per heavy atom. The first kappa shape index (κ1) is 41.5. The van der Waals surface area contributed by atoms with Gasteiger partial charge in [-0.3, -0.25) is 0 Å². The first-order chi connectivity index (χ1) is 27.4. The van der Waals surface area contributed by atoms with Crippen molar-refractivity contribution in [2.45, 2.75) is 119 Å². The standard InChI is InChI=1S/C54H63N3O2/c1-33-17-15-18-34(2)48(33)57-44-28-23-36(52(6,7)8)29-41(44)40-27-24-37(31-46(40)57)55-38-30-43(54(12,13)14)50(59)47(32-38)56(39-25-21-35(22-26-39)51(3,4)5)45-20-16-19-42(49(45)58)53(9,10)11/h15-32,55,58-59H,1-14H3. The van der Waals surface area contributed by atoms with Gasteiger partial charge in [-0.15, -0.1) is 0 Å². The van der Waals surface area contributed by atoms with E-state index in [2.05, 4.69) is 192 Å². The summed E-state index contributed by atoms with van der Waals surface area (Å²) in [5, 5.41) is 30.7. The molecule has 1 aromatic heterocycles. The Balaban J connectivity index is 1.46. The van der Waals surface area contributed by atoms with Crippen LogP contribution in [0.1, 0.15) is 116 Å². The highest BCUT2D eigenvalue weighted by Crippen LogP contribution is 2.50. The molecule has 0 saturated carbocycles. The van der Waals surface area contributed by atoms with E-state index in [-0.39, 0.29) is 27.7 Å². The quantitative estimate of drug-likeness (QED) is 0.147. The van der Waals surface area contributed by atoms with E-state index >= 15 is 0 Å². The van der Waals surface area contributed by atoms with Gasteiger partial charge >= 0.3 is 0 Å². The van der Waals surface area contributed by atoms with Crippen molar-refractivity contribution in [3.8, 4) is 17.2 Å². The van der Waals surface area contributed by atoms with Crippen LogP contribution in [0, 0.1) is 13.8 Å². The molecule has 0 atom stereocenters. The Bertz CT molecular complexity index is 2690. The molecule has 0 aliphatic heterocycles. The minimum atomic E-state index is -0.406. The molecule has 7 rings (SSSR count). The molecular weight excluding hydrogens is 723 g/mol. The summed E-state index contributed by atoms with van der Waals surface area (Å²) in [6.07, 6.45) is 0. The molecule has 0 spiro atoms. The lowest BCUT2D eigenvalue weighted by molar-refractivity contribution is 0.444. The fourth-order valence-corrected chi connectivity index (χ4v) is 8.40. The van der Waals surface area contributed by atoms with Crippen LogP contribution in [-0.4, -0.2) is 14.8 Å². The van der Waals surface area contributed by atoms with Crippen molar-refractivity contribution in [3.63, 3.8) is 0 Å². The largest absolute Gasteiger partial charge is 0.505 e. The van der Waals surface area contributed by atoms with Crippen LogP contribution in [0.3, 0.4) is 0 Å². The summed E-state index contributed by atoms with van der Waals surface area (Å²) < 4.78 is 2.42. The highest BCUT2D eigenvalue weighted by molar-refractivity contribution is 6.10. The normalized spacial score (nSPS) is 12.7. The summed E-state index contributed by atoms with van der Waals surface area (Å²) in [6, 6.07) is 38.5. The van der Waals surface area contributed by atoms with Crippen LogP contribution >= 0.6 is 0 Å². The zero-order valence-electron chi connectivity index (χ0n) is 37.7. The topological polar surface area (TPSA) is 60.7 Å². The van der Waals surface area contributed by atoms with Gasteiger partial charge in [0, 0.05) is 39.0 Å². The van der Waals surface area contributed by atoms with E-state index in [1.165, 1.54) is 44.2 Å². The minimum Gasteiger partial charge on any atom is -0.505 e. The molecule has 59 heavy (non-hydrogen) atoms. The Hall–Kier alpha value is -5.68. The van der Waals surface area contributed by atoms with E-state index in [0.717, 1.165) is 33.7 Å². The number of anilines is 5. The molecule has 306 valence electrons. The molecule has 5 nitrogen and oxygen atoms in total. The van der Waals surface area contributed by atoms with E-state index in [0.29, 0.717) is 11.4 Å². The number of nitrogens with one attached hydrogen (secondary N) is 1. The molecular formula is C54H63N3O2. The Morgan fingerprint density at radius 1 is 0.475 bits per heavy atom. The monoisotopic (exact) mass is 785 g/mol. The van der Waals surface area contributed by atoms with Crippen molar-refractivity contribution in [2.75, 3.05) is 10.2 Å². The fraction of sp³-hybridized carbons (Fsp3) is 0.333. The molecule has 0 saturated heterocycles. The second-order valence-corrected chi connectivity index (χ2v) is 20.6. The maximum Gasteiger partial charge on any atom is 0.143 e. The van der Waals surface area contributed by atoms with Crippen LogP contribution < -0.4 is 10.2 Å². The molecule has 0 aliphatic carbocycles. The number of aryl methyl sites for hydroxylation is 2. The van der Waals surface area contributed by atoms with Crippen LogP contribution in [0.2, 0.25) is 0 Å². The molecule has 0 unspecified atom stereocenters. The van der Waals surface area contributed by atoms with Crippen LogP contribution in [0.5, 0.6) is 11.5 Å². The van der Waals surface area contributed by atoms with Crippen molar-refractivity contribution in [2.24, 2.45) is 0 Å². The zero-order valence-corrected chi connectivity index (χ0v) is 37.7. The molecule has 0 fully saturated rings. The smallest absolute Gasteiger partial charge is 0.143 e. The maximum atomic E-state index is 12.4. The predicted molar refractivity (Wildman–Crippen MR) is 253 cm³/mol. The number of fused-ring (bicyclic) bond motifs is 3. The number of phenolic OH excluding ortho intramolecular Hbond substituents is 2. The van der Waals surface area contributed by atoms with Gasteiger partial charge in [-0.05, 0) is 112 Å². The van der Waals surface area contributed by atoms with E-state index in [9.17, 15) is 10.2 Å².